The first kappa shape index (κ1) is 10.5. The molecular formula is C14H10N4S. The molecular weight excluding hydrogens is 256 g/mol. The highest BCUT2D eigenvalue weighted by molar-refractivity contribution is 7.22. The highest BCUT2D eigenvalue weighted by Crippen LogP contribution is 2.33. The monoisotopic (exact) mass is 266 g/mol. The van der Waals surface area contributed by atoms with Crippen molar-refractivity contribution in [2.75, 3.05) is 5.73 Å². The van der Waals surface area contributed by atoms with Crippen molar-refractivity contribution in [3.05, 3.63) is 48.7 Å². The van der Waals surface area contributed by atoms with Crippen LogP contribution in [-0.2, 0) is 0 Å². The molecule has 3 aromatic heterocycles. The molecule has 0 atom stereocenters. The van der Waals surface area contributed by atoms with Gasteiger partial charge < -0.3 is 5.73 Å². The summed E-state index contributed by atoms with van der Waals surface area (Å²) >= 11 is 1.73. The van der Waals surface area contributed by atoms with E-state index in [9.17, 15) is 0 Å². The van der Waals surface area contributed by atoms with E-state index in [4.69, 9.17) is 5.73 Å². The third-order valence-electron chi connectivity index (χ3n) is 3.06. The zero-order valence-corrected chi connectivity index (χ0v) is 10.8. The number of nitrogen functional groups attached to an aromatic ring is 1. The summed E-state index contributed by atoms with van der Waals surface area (Å²) in [5.74, 6) is 0.493. The molecule has 4 aromatic rings. The first-order valence-electron chi connectivity index (χ1n) is 5.90. The topological polar surface area (TPSA) is 56.2 Å². The van der Waals surface area contributed by atoms with E-state index in [0.29, 0.717) is 5.82 Å². The lowest BCUT2D eigenvalue weighted by molar-refractivity contribution is 0.954. The highest BCUT2D eigenvalue weighted by atomic mass is 32.1. The van der Waals surface area contributed by atoms with Gasteiger partial charge in [-0.2, -0.15) is 0 Å². The lowest BCUT2D eigenvalue weighted by atomic mass is 10.2. The van der Waals surface area contributed by atoms with Crippen LogP contribution in [0, 0.1) is 0 Å². The SMILES string of the molecule is Nc1ccc2ncc(-c3cc4ccccc4s3)n2n1. The van der Waals surface area contributed by atoms with E-state index in [2.05, 4.69) is 28.3 Å². The van der Waals surface area contributed by atoms with Crippen molar-refractivity contribution in [2.45, 2.75) is 0 Å². The Morgan fingerprint density at radius 3 is 2.89 bits per heavy atom. The number of hydrogen-bond acceptors (Lipinski definition) is 4. The molecule has 4 rings (SSSR count). The van der Waals surface area contributed by atoms with Gasteiger partial charge in [-0.15, -0.1) is 16.4 Å². The maximum absolute atomic E-state index is 5.75. The van der Waals surface area contributed by atoms with Crippen LogP contribution in [0.15, 0.2) is 48.7 Å². The Hall–Kier alpha value is -2.40. The van der Waals surface area contributed by atoms with Gasteiger partial charge in [0.2, 0.25) is 0 Å². The van der Waals surface area contributed by atoms with Crippen molar-refractivity contribution in [3.8, 4) is 10.6 Å². The summed E-state index contributed by atoms with van der Waals surface area (Å²) in [5, 5.41) is 5.56. The fourth-order valence-electron chi connectivity index (χ4n) is 2.16. The van der Waals surface area contributed by atoms with Crippen molar-refractivity contribution in [1.29, 1.82) is 0 Å². The van der Waals surface area contributed by atoms with Gasteiger partial charge in [-0.3, -0.25) is 0 Å². The lowest BCUT2D eigenvalue weighted by Crippen LogP contribution is -1.98. The summed E-state index contributed by atoms with van der Waals surface area (Å²) in [6.07, 6.45) is 1.84. The Morgan fingerprint density at radius 2 is 2.00 bits per heavy atom. The van der Waals surface area contributed by atoms with E-state index < -0.39 is 0 Å². The summed E-state index contributed by atoms with van der Waals surface area (Å²) in [4.78, 5) is 5.50. The average molecular weight is 266 g/mol. The molecule has 0 bridgehead atoms. The molecule has 0 saturated carbocycles. The van der Waals surface area contributed by atoms with Crippen LogP contribution in [0.25, 0.3) is 26.3 Å². The van der Waals surface area contributed by atoms with Crippen LogP contribution in [-0.4, -0.2) is 14.6 Å². The fraction of sp³-hybridized carbons (Fsp3) is 0. The minimum absolute atomic E-state index is 0.493. The molecule has 3 heterocycles. The fourth-order valence-corrected chi connectivity index (χ4v) is 3.22. The number of anilines is 1. The van der Waals surface area contributed by atoms with E-state index in [1.165, 1.54) is 10.1 Å². The van der Waals surface area contributed by atoms with Gasteiger partial charge in [0.05, 0.1) is 11.1 Å². The Balaban J connectivity index is 2.00. The molecule has 2 N–H and O–H groups in total. The van der Waals surface area contributed by atoms with Gasteiger partial charge in [0.1, 0.15) is 11.5 Å². The molecule has 0 aliphatic heterocycles. The predicted molar refractivity (Wildman–Crippen MR) is 78.2 cm³/mol. The van der Waals surface area contributed by atoms with Crippen molar-refractivity contribution < 1.29 is 0 Å². The Labute approximate surface area is 113 Å². The molecule has 0 saturated heterocycles. The summed E-state index contributed by atoms with van der Waals surface area (Å²) in [5.41, 5.74) is 7.53. The Morgan fingerprint density at radius 1 is 1.11 bits per heavy atom. The standard InChI is InChI=1S/C14H10N4S/c15-13-5-6-14-16-8-10(18(14)17-13)12-7-9-3-1-2-4-11(9)19-12/h1-8H,(H2,15,17). The molecule has 0 spiro atoms. The zero-order valence-electron chi connectivity index (χ0n) is 9.95. The summed E-state index contributed by atoms with van der Waals surface area (Å²) in [7, 11) is 0. The lowest BCUT2D eigenvalue weighted by Gasteiger charge is -1.98. The molecule has 0 radical (unpaired) electrons. The molecule has 0 unspecified atom stereocenters. The number of fused-ring (bicyclic) bond motifs is 2. The Bertz CT molecular complexity index is 858. The molecule has 0 aliphatic rings. The maximum Gasteiger partial charge on any atom is 0.154 e. The smallest absolute Gasteiger partial charge is 0.154 e. The second-order valence-corrected chi connectivity index (χ2v) is 5.40. The molecule has 5 heteroatoms. The van der Waals surface area contributed by atoms with Crippen LogP contribution in [0.4, 0.5) is 5.82 Å². The van der Waals surface area contributed by atoms with E-state index in [1.54, 1.807) is 21.9 Å². The largest absolute Gasteiger partial charge is 0.382 e. The molecule has 19 heavy (non-hydrogen) atoms. The minimum Gasteiger partial charge on any atom is -0.382 e. The van der Waals surface area contributed by atoms with Gasteiger partial charge in [0, 0.05) is 4.70 Å². The van der Waals surface area contributed by atoms with Gasteiger partial charge in [0.15, 0.2) is 5.65 Å². The number of imidazole rings is 1. The van der Waals surface area contributed by atoms with Gasteiger partial charge in [-0.1, -0.05) is 18.2 Å². The second-order valence-electron chi connectivity index (χ2n) is 4.32. The summed E-state index contributed by atoms with van der Waals surface area (Å²) in [6, 6.07) is 14.1. The number of thiophene rings is 1. The van der Waals surface area contributed by atoms with Crippen molar-refractivity contribution in [1.82, 2.24) is 14.6 Å². The van der Waals surface area contributed by atoms with Crippen LogP contribution in [0.1, 0.15) is 0 Å². The number of nitrogens with zero attached hydrogens (tertiary/aromatic N) is 3. The van der Waals surface area contributed by atoms with E-state index in [1.807, 2.05) is 24.4 Å². The van der Waals surface area contributed by atoms with Crippen LogP contribution in [0.3, 0.4) is 0 Å². The summed E-state index contributed by atoms with van der Waals surface area (Å²) < 4.78 is 3.05. The Kier molecular flexibility index (Phi) is 2.10. The van der Waals surface area contributed by atoms with Crippen molar-refractivity contribution >= 4 is 32.9 Å². The first-order valence-corrected chi connectivity index (χ1v) is 6.72. The van der Waals surface area contributed by atoms with E-state index in [0.717, 1.165) is 16.2 Å². The number of hydrogen-bond donors (Lipinski definition) is 1. The molecule has 0 fully saturated rings. The van der Waals surface area contributed by atoms with Crippen molar-refractivity contribution in [3.63, 3.8) is 0 Å². The molecule has 92 valence electrons. The number of nitrogens with two attached hydrogens (primary N) is 1. The zero-order chi connectivity index (χ0) is 12.8. The molecule has 0 aliphatic carbocycles. The third kappa shape index (κ3) is 1.59. The van der Waals surface area contributed by atoms with Crippen LogP contribution in [0.2, 0.25) is 0 Å². The summed E-state index contributed by atoms with van der Waals surface area (Å²) in [6.45, 7) is 0. The van der Waals surface area contributed by atoms with E-state index in [-0.39, 0.29) is 0 Å². The van der Waals surface area contributed by atoms with Crippen molar-refractivity contribution in [2.24, 2.45) is 0 Å². The van der Waals surface area contributed by atoms with Gasteiger partial charge >= 0.3 is 0 Å². The van der Waals surface area contributed by atoms with Gasteiger partial charge in [-0.05, 0) is 29.7 Å². The van der Waals surface area contributed by atoms with E-state index >= 15 is 0 Å². The third-order valence-corrected chi connectivity index (χ3v) is 4.20. The minimum atomic E-state index is 0.493. The van der Waals surface area contributed by atoms with Gasteiger partial charge in [-0.25, -0.2) is 9.50 Å². The maximum atomic E-state index is 5.75. The van der Waals surface area contributed by atoms with Crippen LogP contribution in [0.5, 0.6) is 0 Å². The van der Waals surface area contributed by atoms with Gasteiger partial charge in [0.25, 0.3) is 0 Å². The predicted octanol–water partition coefficient (Wildman–Crippen LogP) is 3.19. The number of benzene rings is 1. The first-order chi connectivity index (χ1) is 9.31. The average Bonchev–Trinajstić information content (AvgIpc) is 3.00. The quantitative estimate of drug-likeness (QED) is 0.575. The highest BCUT2D eigenvalue weighted by Gasteiger charge is 2.10. The number of rotatable bonds is 1. The van der Waals surface area contributed by atoms with Crippen LogP contribution >= 0.6 is 11.3 Å². The number of aromatic nitrogens is 3. The second kappa shape index (κ2) is 3.80. The molecule has 1 aromatic carbocycles. The normalized spacial score (nSPS) is 11.4. The molecule has 4 nitrogen and oxygen atoms in total. The molecule has 0 amide bonds. The van der Waals surface area contributed by atoms with Crippen LogP contribution < -0.4 is 5.73 Å².